The van der Waals surface area contributed by atoms with Gasteiger partial charge in [0.15, 0.2) is 0 Å². The molecule has 6 heteroatoms. The van der Waals surface area contributed by atoms with Crippen molar-refractivity contribution >= 4 is 11.4 Å². The van der Waals surface area contributed by atoms with Crippen LogP contribution in [0.3, 0.4) is 0 Å². The first kappa shape index (κ1) is 21.8. The molecule has 4 N–H and O–H groups in total. The number of aryl methyl sites for hydroxylation is 1. The van der Waals surface area contributed by atoms with Crippen molar-refractivity contribution in [2.75, 3.05) is 13.2 Å². The molecule has 0 aromatic heterocycles. The largest absolute Gasteiger partial charge is 0.493 e. The van der Waals surface area contributed by atoms with E-state index in [0.717, 1.165) is 43.8 Å². The van der Waals surface area contributed by atoms with Crippen LogP contribution in [-0.4, -0.2) is 24.6 Å². The molecule has 0 saturated carbocycles. The smallest absolute Gasteiger partial charge is 0.205 e. The van der Waals surface area contributed by atoms with Crippen LogP contribution < -0.4 is 16.2 Å². The summed E-state index contributed by atoms with van der Waals surface area (Å²) in [7, 11) is 0. The molecular formula is C22H31FN4O. The SMILES string of the molecule is C=C(F)/N=C(C)\C(N=C(CCCCN)Cc1cc2c(cc1C)CCO2)=C(/C)N. The molecule has 28 heavy (non-hydrogen) atoms. The van der Waals surface area contributed by atoms with Crippen LogP contribution in [0, 0.1) is 6.92 Å². The average Bonchev–Trinajstić information content (AvgIpc) is 3.05. The number of hydrogen-bond donors (Lipinski definition) is 2. The Hall–Kier alpha value is -2.47. The predicted octanol–water partition coefficient (Wildman–Crippen LogP) is 4.13. The summed E-state index contributed by atoms with van der Waals surface area (Å²) in [5.74, 6) is 0.196. The molecular weight excluding hydrogens is 355 g/mol. The zero-order chi connectivity index (χ0) is 20.7. The van der Waals surface area contributed by atoms with Crippen molar-refractivity contribution < 1.29 is 9.13 Å². The Kier molecular flexibility index (Phi) is 7.93. The fourth-order valence-electron chi connectivity index (χ4n) is 3.31. The van der Waals surface area contributed by atoms with Crippen molar-refractivity contribution in [3.63, 3.8) is 0 Å². The van der Waals surface area contributed by atoms with E-state index < -0.39 is 5.95 Å². The van der Waals surface area contributed by atoms with E-state index in [-0.39, 0.29) is 0 Å². The second kappa shape index (κ2) is 10.2. The molecule has 1 aliphatic rings. The lowest BCUT2D eigenvalue weighted by molar-refractivity contribution is 0.356. The van der Waals surface area contributed by atoms with Gasteiger partial charge in [-0.2, -0.15) is 4.39 Å². The predicted molar refractivity (Wildman–Crippen MR) is 115 cm³/mol. The van der Waals surface area contributed by atoms with Crippen LogP contribution in [0.4, 0.5) is 4.39 Å². The first-order valence-electron chi connectivity index (χ1n) is 9.70. The van der Waals surface area contributed by atoms with Gasteiger partial charge in [-0.25, -0.2) is 4.99 Å². The third-order valence-electron chi connectivity index (χ3n) is 4.74. The highest BCUT2D eigenvalue weighted by Gasteiger charge is 2.16. The number of rotatable bonds is 9. The molecule has 0 aliphatic carbocycles. The van der Waals surface area contributed by atoms with Crippen LogP contribution in [0.25, 0.3) is 0 Å². The first-order chi connectivity index (χ1) is 13.3. The molecule has 0 spiro atoms. The number of fused-ring (bicyclic) bond motifs is 1. The zero-order valence-electron chi connectivity index (χ0n) is 17.1. The lowest BCUT2D eigenvalue weighted by Crippen LogP contribution is -2.12. The molecule has 0 saturated heterocycles. The number of aliphatic imine (C=N–C) groups is 2. The minimum Gasteiger partial charge on any atom is -0.493 e. The lowest BCUT2D eigenvalue weighted by Gasteiger charge is -2.13. The van der Waals surface area contributed by atoms with E-state index >= 15 is 0 Å². The third kappa shape index (κ3) is 6.02. The quantitative estimate of drug-likeness (QED) is 0.380. The van der Waals surface area contributed by atoms with Crippen LogP contribution in [0.1, 0.15) is 49.8 Å². The van der Waals surface area contributed by atoms with E-state index in [4.69, 9.17) is 21.2 Å². The molecule has 1 aliphatic heterocycles. The lowest BCUT2D eigenvalue weighted by atomic mass is 9.97. The normalized spacial score (nSPS) is 15.2. The highest BCUT2D eigenvalue weighted by Crippen LogP contribution is 2.29. The van der Waals surface area contributed by atoms with Crippen molar-refractivity contribution in [3.8, 4) is 5.75 Å². The summed E-state index contributed by atoms with van der Waals surface area (Å²) in [6, 6.07) is 4.30. The van der Waals surface area contributed by atoms with E-state index in [1.165, 1.54) is 16.7 Å². The maximum absolute atomic E-state index is 13.2. The highest BCUT2D eigenvalue weighted by molar-refractivity contribution is 6.02. The van der Waals surface area contributed by atoms with Gasteiger partial charge in [-0.3, -0.25) is 4.99 Å². The summed E-state index contributed by atoms with van der Waals surface area (Å²) < 4.78 is 18.9. The molecule has 0 fully saturated rings. The summed E-state index contributed by atoms with van der Waals surface area (Å²) in [5, 5.41) is 0. The minimum atomic E-state index is -0.761. The summed E-state index contributed by atoms with van der Waals surface area (Å²) in [5.41, 5.74) is 17.7. The van der Waals surface area contributed by atoms with Crippen molar-refractivity contribution in [1.82, 2.24) is 0 Å². The van der Waals surface area contributed by atoms with Gasteiger partial charge in [0, 0.05) is 24.3 Å². The topological polar surface area (TPSA) is 86.0 Å². The molecule has 1 heterocycles. The number of unbranched alkanes of at least 4 members (excludes halogenated alkanes) is 1. The Bertz CT molecular complexity index is 820. The number of nitrogens with zero attached hydrogens (tertiary/aromatic N) is 2. The van der Waals surface area contributed by atoms with Crippen LogP contribution in [0.2, 0.25) is 0 Å². The first-order valence-corrected chi connectivity index (χ1v) is 9.70. The number of hydrogen-bond acceptors (Lipinski definition) is 5. The summed E-state index contributed by atoms with van der Waals surface area (Å²) in [6.45, 7) is 10.1. The molecule has 5 nitrogen and oxygen atoms in total. The van der Waals surface area contributed by atoms with Gasteiger partial charge in [-0.1, -0.05) is 6.07 Å². The second-order valence-electron chi connectivity index (χ2n) is 7.19. The second-order valence-corrected chi connectivity index (χ2v) is 7.19. The molecule has 1 aromatic rings. The van der Waals surface area contributed by atoms with Crippen LogP contribution in [0.5, 0.6) is 5.75 Å². The summed E-state index contributed by atoms with van der Waals surface area (Å²) in [4.78, 5) is 8.57. The molecule has 152 valence electrons. The fourth-order valence-corrected chi connectivity index (χ4v) is 3.31. The number of nitrogens with two attached hydrogens (primary N) is 2. The van der Waals surface area contributed by atoms with Gasteiger partial charge in [0.2, 0.25) is 5.95 Å². The van der Waals surface area contributed by atoms with E-state index in [9.17, 15) is 4.39 Å². The van der Waals surface area contributed by atoms with Crippen LogP contribution >= 0.6 is 0 Å². The van der Waals surface area contributed by atoms with E-state index in [0.29, 0.717) is 30.1 Å². The van der Waals surface area contributed by atoms with Gasteiger partial charge < -0.3 is 16.2 Å². The van der Waals surface area contributed by atoms with Gasteiger partial charge in [-0.15, -0.1) is 0 Å². The Morgan fingerprint density at radius 3 is 2.64 bits per heavy atom. The maximum atomic E-state index is 13.2. The number of allylic oxidation sites excluding steroid dienone is 2. The molecule has 0 bridgehead atoms. The molecule has 0 atom stereocenters. The van der Waals surface area contributed by atoms with E-state index in [1.54, 1.807) is 13.8 Å². The van der Waals surface area contributed by atoms with Crippen molar-refractivity contribution in [3.05, 3.63) is 52.7 Å². The number of ether oxygens (including phenoxy) is 1. The van der Waals surface area contributed by atoms with E-state index in [2.05, 4.69) is 30.6 Å². The molecule has 0 radical (unpaired) electrons. The third-order valence-corrected chi connectivity index (χ3v) is 4.74. The average molecular weight is 387 g/mol. The maximum Gasteiger partial charge on any atom is 0.205 e. The van der Waals surface area contributed by atoms with Gasteiger partial charge in [0.1, 0.15) is 11.4 Å². The van der Waals surface area contributed by atoms with Gasteiger partial charge in [-0.05, 0) is 75.9 Å². The van der Waals surface area contributed by atoms with Crippen LogP contribution in [-0.2, 0) is 12.8 Å². The highest BCUT2D eigenvalue weighted by atomic mass is 19.1. The Morgan fingerprint density at radius 1 is 1.25 bits per heavy atom. The molecule has 2 rings (SSSR count). The van der Waals surface area contributed by atoms with Gasteiger partial charge >= 0.3 is 0 Å². The Morgan fingerprint density at radius 2 is 2.00 bits per heavy atom. The zero-order valence-corrected chi connectivity index (χ0v) is 17.1. The molecule has 0 unspecified atom stereocenters. The Balaban J connectivity index is 2.37. The van der Waals surface area contributed by atoms with Crippen molar-refractivity contribution in [2.24, 2.45) is 21.5 Å². The Labute approximate surface area is 167 Å². The number of benzene rings is 1. The monoisotopic (exact) mass is 386 g/mol. The van der Waals surface area contributed by atoms with Crippen molar-refractivity contribution in [2.45, 2.75) is 52.9 Å². The molecule has 1 aromatic carbocycles. The van der Waals surface area contributed by atoms with Crippen molar-refractivity contribution in [1.29, 1.82) is 0 Å². The fraction of sp³-hybridized carbons (Fsp3) is 0.455. The number of halogens is 1. The van der Waals surface area contributed by atoms with E-state index in [1.807, 2.05) is 0 Å². The minimum absolute atomic E-state index is 0.415. The van der Waals surface area contributed by atoms with Gasteiger partial charge in [0.05, 0.1) is 12.3 Å². The van der Waals surface area contributed by atoms with Gasteiger partial charge in [0.25, 0.3) is 0 Å². The van der Waals surface area contributed by atoms with Crippen LogP contribution in [0.15, 0.2) is 46.0 Å². The molecule has 0 amide bonds. The summed E-state index contributed by atoms with van der Waals surface area (Å²) in [6.07, 6.45) is 4.26. The summed E-state index contributed by atoms with van der Waals surface area (Å²) >= 11 is 0. The standard InChI is InChI=1S/C22H31FN4O/c1-14-11-18-8-10-28-21(18)13-19(14)12-20(7-5-6-9-24)27-22(15(2)25)16(3)26-17(4)23/h11,13H,4-10,12,24-25H2,1-3H3/b22-15-,26-16-,27-20?.